The number of aromatic nitrogens is 2. The second-order valence-electron chi connectivity index (χ2n) is 9.95. The van der Waals surface area contributed by atoms with Crippen LogP contribution in [0.3, 0.4) is 0 Å². The number of aliphatic carboxylic acids is 1. The molecule has 2 aliphatic carbocycles. The van der Waals surface area contributed by atoms with Crippen molar-refractivity contribution in [2.45, 2.75) is 44.1 Å². The Hall–Kier alpha value is -2.91. The zero-order chi connectivity index (χ0) is 24.9. The first kappa shape index (κ1) is 23.8. The number of hydrogen-bond acceptors (Lipinski definition) is 5. The van der Waals surface area contributed by atoms with Gasteiger partial charge in [-0.05, 0) is 62.1 Å². The number of nitrogen functional groups attached to an aromatic ring is 1. The van der Waals surface area contributed by atoms with E-state index in [9.17, 15) is 19.1 Å². The van der Waals surface area contributed by atoms with Gasteiger partial charge in [-0.25, -0.2) is 9.18 Å². The highest BCUT2D eigenvalue weighted by Crippen LogP contribution is 2.52. The molecule has 0 bridgehead atoms. The first-order valence-electron chi connectivity index (χ1n) is 12.0. The predicted octanol–water partition coefficient (Wildman–Crippen LogP) is 4.04. The van der Waals surface area contributed by atoms with Crippen LogP contribution in [-0.4, -0.2) is 50.8 Å². The molecule has 2 fully saturated rings. The molecular weight excluding hydrogens is 473 g/mol. The van der Waals surface area contributed by atoms with Gasteiger partial charge in [-0.1, -0.05) is 17.7 Å². The molecule has 35 heavy (non-hydrogen) atoms. The number of aryl methyl sites for hydroxylation is 1. The Morgan fingerprint density at radius 1 is 1.23 bits per heavy atom. The number of amides is 1. The van der Waals surface area contributed by atoms with Gasteiger partial charge in [0.1, 0.15) is 17.2 Å². The summed E-state index contributed by atoms with van der Waals surface area (Å²) >= 11 is 5.86. The number of benzene rings is 1. The number of anilines is 2. The Balaban J connectivity index is 1.27. The molecule has 2 unspecified atom stereocenters. The number of carbonyl (C=O) groups is 2. The summed E-state index contributed by atoms with van der Waals surface area (Å²) in [6.45, 7) is 1.49. The monoisotopic (exact) mass is 501 g/mol. The van der Waals surface area contributed by atoms with Crippen molar-refractivity contribution in [3.05, 3.63) is 51.9 Å². The molecule has 5 rings (SSSR count). The van der Waals surface area contributed by atoms with Crippen molar-refractivity contribution < 1.29 is 19.1 Å². The van der Waals surface area contributed by atoms with Gasteiger partial charge in [0.2, 0.25) is 0 Å². The SMILES string of the molecule is Cn1nc(C2CC3CC(N4CC=C(C(=O)O)CC4)CC3C2)c(C(=O)Nc2ccc(F)c(Cl)c2)c1N. The number of carboxylic acid groups (broad SMARTS) is 1. The van der Waals surface area contributed by atoms with Gasteiger partial charge in [0.15, 0.2) is 0 Å². The minimum absolute atomic E-state index is 0.0660. The van der Waals surface area contributed by atoms with Crippen LogP contribution in [0.4, 0.5) is 15.9 Å². The van der Waals surface area contributed by atoms with Crippen LogP contribution in [0.1, 0.15) is 54.1 Å². The van der Waals surface area contributed by atoms with Crippen LogP contribution in [0.15, 0.2) is 29.8 Å². The molecule has 1 aromatic carbocycles. The number of nitrogens with two attached hydrogens (primary N) is 1. The molecule has 1 amide bonds. The third-order valence-corrected chi connectivity index (χ3v) is 8.22. The maximum Gasteiger partial charge on any atom is 0.331 e. The van der Waals surface area contributed by atoms with Gasteiger partial charge >= 0.3 is 5.97 Å². The number of carboxylic acids is 1. The molecule has 8 nitrogen and oxygen atoms in total. The largest absolute Gasteiger partial charge is 0.478 e. The summed E-state index contributed by atoms with van der Waals surface area (Å²) in [7, 11) is 1.73. The van der Waals surface area contributed by atoms with E-state index >= 15 is 0 Å². The van der Waals surface area contributed by atoms with Crippen molar-refractivity contribution >= 4 is 35.0 Å². The van der Waals surface area contributed by atoms with Crippen LogP contribution >= 0.6 is 11.6 Å². The van der Waals surface area contributed by atoms with E-state index in [4.69, 9.17) is 17.3 Å². The predicted molar refractivity (Wildman–Crippen MR) is 131 cm³/mol. The fourth-order valence-corrected chi connectivity index (χ4v) is 6.34. The molecule has 2 saturated carbocycles. The summed E-state index contributed by atoms with van der Waals surface area (Å²) in [6.07, 6.45) is 6.49. The lowest BCUT2D eigenvalue weighted by Gasteiger charge is -2.31. The summed E-state index contributed by atoms with van der Waals surface area (Å²) < 4.78 is 15.0. The molecule has 0 spiro atoms. The smallest absolute Gasteiger partial charge is 0.331 e. The van der Waals surface area contributed by atoms with Gasteiger partial charge in [-0.15, -0.1) is 0 Å². The summed E-state index contributed by atoms with van der Waals surface area (Å²) in [5.74, 6) is -0.202. The van der Waals surface area contributed by atoms with E-state index in [0.29, 0.717) is 59.2 Å². The number of hydrogen-bond donors (Lipinski definition) is 3. The normalized spacial score (nSPS) is 26.4. The number of rotatable bonds is 5. The fraction of sp³-hybridized carbons (Fsp3) is 0.480. The Bertz CT molecular complexity index is 1200. The summed E-state index contributed by atoms with van der Waals surface area (Å²) in [5, 5.41) is 16.5. The molecule has 2 heterocycles. The minimum Gasteiger partial charge on any atom is -0.478 e. The van der Waals surface area contributed by atoms with Crippen molar-refractivity contribution in [2.24, 2.45) is 18.9 Å². The fourth-order valence-electron chi connectivity index (χ4n) is 6.16. The van der Waals surface area contributed by atoms with E-state index in [0.717, 1.165) is 32.2 Å². The highest BCUT2D eigenvalue weighted by atomic mass is 35.5. The molecule has 2 atom stereocenters. The molecule has 0 saturated heterocycles. The molecule has 1 aliphatic heterocycles. The number of nitrogens with one attached hydrogen (secondary N) is 1. The lowest BCUT2D eigenvalue weighted by molar-refractivity contribution is -0.133. The average Bonchev–Trinajstić information content (AvgIpc) is 3.48. The quantitative estimate of drug-likeness (QED) is 0.570. The minimum atomic E-state index is -0.812. The third kappa shape index (κ3) is 4.54. The lowest BCUT2D eigenvalue weighted by Crippen LogP contribution is -2.38. The Morgan fingerprint density at radius 2 is 1.94 bits per heavy atom. The van der Waals surface area contributed by atoms with Crippen molar-refractivity contribution in [2.75, 3.05) is 24.1 Å². The number of nitrogens with zero attached hydrogens (tertiary/aromatic N) is 3. The number of fused-ring (bicyclic) bond motifs is 1. The van der Waals surface area contributed by atoms with Crippen LogP contribution in [0.25, 0.3) is 0 Å². The second-order valence-corrected chi connectivity index (χ2v) is 10.4. The zero-order valence-electron chi connectivity index (χ0n) is 19.5. The maximum atomic E-state index is 13.5. The van der Waals surface area contributed by atoms with E-state index in [-0.39, 0.29) is 16.8 Å². The third-order valence-electron chi connectivity index (χ3n) is 7.93. The molecular formula is C25H29ClFN5O3. The van der Waals surface area contributed by atoms with Gasteiger partial charge in [0.05, 0.1) is 10.7 Å². The highest BCUT2D eigenvalue weighted by molar-refractivity contribution is 6.31. The summed E-state index contributed by atoms with van der Waals surface area (Å²) in [5.41, 5.74) is 8.24. The van der Waals surface area contributed by atoms with Gasteiger partial charge in [0.25, 0.3) is 5.91 Å². The Morgan fingerprint density at radius 3 is 2.54 bits per heavy atom. The standard InChI is InChI=1S/C25H29ClFN5O3/c1-31-23(28)21(24(33)29-17-2-3-20(27)19(26)12-17)22(30-31)16-8-14-10-18(11-15(14)9-16)32-6-4-13(5-7-32)25(34)35/h2-4,12,14-16,18H,5-11,28H2,1H3,(H,29,33)(H,34,35). The average molecular weight is 502 g/mol. The highest BCUT2D eigenvalue weighted by Gasteiger charge is 2.45. The van der Waals surface area contributed by atoms with Crippen molar-refractivity contribution in [1.29, 1.82) is 0 Å². The molecule has 1 aromatic heterocycles. The van der Waals surface area contributed by atoms with E-state index in [1.165, 1.54) is 18.2 Å². The van der Waals surface area contributed by atoms with Gasteiger partial charge < -0.3 is 16.2 Å². The van der Waals surface area contributed by atoms with E-state index < -0.39 is 11.8 Å². The zero-order valence-corrected chi connectivity index (χ0v) is 20.3. The molecule has 10 heteroatoms. The number of halogens is 2. The van der Waals surface area contributed by atoms with Crippen LogP contribution < -0.4 is 11.1 Å². The van der Waals surface area contributed by atoms with Crippen LogP contribution in [0.5, 0.6) is 0 Å². The van der Waals surface area contributed by atoms with E-state index in [2.05, 4.69) is 15.3 Å². The molecule has 186 valence electrons. The molecule has 4 N–H and O–H groups in total. The molecule has 3 aliphatic rings. The Kier molecular flexibility index (Phi) is 6.31. The maximum absolute atomic E-state index is 13.5. The van der Waals surface area contributed by atoms with Gasteiger partial charge in [-0.2, -0.15) is 5.10 Å². The van der Waals surface area contributed by atoms with Crippen molar-refractivity contribution in [3.8, 4) is 0 Å². The van der Waals surface area contributed by atoms with Gasteiger partial charge in [-0.3, -0.25) is 14.4 Å². The first-order valence-corrected chi connectivity index (χ1v) is 12.3. The van der Waals surface area contributed by atoms with Gasteiger partial charge in [0, 0.05) is 43.4 Å². The number of carbonyl (C=O) groups excluding carboxylic acids is 1. The first-order chi connectivity index (χ1) is 16.7. The second kappa shape index (κ2) is 9.28. The molecule has 0 radical (unpaired) electrons. The van der Waals surface area contributed by atoms with Crippen molar-refractivity contribution in [1.82, 2.24) is 14.7 Å². The lowest BCUT2D eigenvalue weighted by atomic mass is 9.94. The van der Waals surface area contributed by atoms with Crippen LogP contribution in [0, 0.1) is 17.7 Å². The van der Waals surface area contributed by atoms with E-state index in [1.54, 1.807) is 11.7 Å². The molecule has 2 aromatic rings. The summed E-state index contributed by atoms with van der Waals surface area (Å²) in [6, 6.07) is 4.51. The Labute approximate surface area is 207 Å². The van der Waals surface area contributed by atoms with E-state index in [1.807, 2.05) is 6.08 Å². The van der Waals surface area contributed by atoms with Crippen molar-refractivity contribution in [3.63, 3.8) is 0 Å². The van der Waals surface area contributed by atoms with Crippen LogP contribution in [0.2, 0.25) is 5.02 Å². The van der Waals surface area contributed by atoms with Crippen LogP contribution in [-0.2, 0) is 11.8 Å². The topological polar surface area (TPSA) is 113 Å². The summed E-state index contributed by atoms with van der Waals surface area (Å²) in [4.78, 5) is 26.8.